The van der Waals surface area contributed by atoms with Crippen LogP contribution in [0.25, 0.3) is 0 Å². The average molecular weight is 285 g/mol. The lowest BCUT2D eigenvalue weighted by molar-refractivity contribution is 0.269. The molecule has 1 N–H and O–H groups in total. The van der Waals surface area contributed by atoms with Gasteiger partial charge in [0.05, 0.1) is 12.0 Å². The summed E-state index contributed by atoms with van der Waals surface area (Å²) in [7, 11) is 0. The normalized spacial score (nSPS) is 13.3. The zero-order valence-corrected chi connectivity index (χ0v) is 13.6. The van der Waals surface area contributed by atoms with Crippen LogP contribution in [0, 0.1) is 5.41 Å². The number of imidazole rings is 1. The van der Waals surface area contributed by atoms with E-state index in [1.807, 2.05) is 12.5 Å². The molecule has 2 rings (SSSR count). The summed E-state index contributed by atoms with van der Waals surface area (Å²) in [4.78, 5) is 4.28. The van der Waals surface area contributed by atoms with Gasteiger partial charge in [-0.2, -0.15) is 0 Å². The molecule has 0 aliphatic heterocycles. The Bertz CT molecular complexity index is 537. The van der Waals surface area contributed by atoms with Crippen LogP contribution in [0.15, 0.2) is 42.9 Å². The van der Waals surface area contributed by atoms with E-state index in [1.54, 1.807) is 0 Å². The zero-order valence-electron chi connectivity index (χ0n) is 13.6. The molecule has 0 spiro atoms. The van der Waals surface area contributed by atoms with Crippen LogP contribution in [-0.2, 0) is 13.1 Å². The van der Waals surface area contributed by atoms with Gasteiger partial charge in [-0.25, -0.2) is 4.98 Å². The minimum atomic E-state index is 0.164. The second-order valence-corrected chi connectivity index (χ2v) is 6.67. The molecule has 0 bridgehead atoms. The summed E-state index contributed by atoms with van der Waals surface area (Å²) in [6, 6.07) is 11.0. The number of nitrogens with one attached hydrogen (secondary N) is 1. The lowest BCUT2D eigenvalue weighted by Crippen LogP contribution is -2.32. The quantitative estimate of drug-likeness (QED) is 0.863. The Morgan fingerprint density at radius 1 is 1.19 bits per heavy atom. The first-order valence-electron chi connectivity index (χ1n) is 7.79. The van der Waals surface area contributed by atoms with Gasteiger partial charge in [0, 0.05) is 25.3 Å². The molecule has 1 aromatic carbocycles. The molecule has 3 heteroatoms. The monoisotopic (exact) mass is 285 g/mol. The molecular weight excluding hydrogens is 258 g/mol. The fourth-order valence-electron chi connectivity index (χ4n) is 2.71. The summed E-state index contributed by atoms with van der Waals surface area (Å²) in [6.45, 7) is 10.9. The van der Waals surface area contributed by atoms with Crippen molar-refractivity contribution in [1.82, 2.24) is 14.9 Å². The van der Waals surface area contributed by atoms with Gasteiger partial charge < -0.3 is 9.88 Å². The van der Waals surface area contributed by atoms with E-state index in [4.69, 9.17) is 0 Å². The zero-order chi connectivity index (χ0) is 15.3. The largest absolute Gasteiger partial charge is 0.333 e. The molecule has 3 nitrogen and oxygen atoms in total. The van der Waals surface area contributed by atoms with Crippen LogP contribution in [0.1, 0.15) is 51.4 Å². The Balaban J connectivity index is 2.12. The van der Waals surface area contributed by atoms with Crippen molar-refractivity contribution in [2.24, 2.45) is 5.41 Å². The first kappa shape index (κ1) is 15.8. The van der Waals surface area contributed by atoms with E-state index in [2.05, 4.69) is 72.9 Å². The third-order valence-electron chi connectivity index (χ3n) is 3.75. The average Bonchev–Trinajstić information content (AvgIpc) is 2.87. The van der Waals surface area contributed by atoms with Gasteiger partial charge >= 0.3 is 0 Å². The highest BCUT2D eigenvalue weighted by Crippen LogP contribution is 2.32. The molecule has 0 saturated carbocycles. The molecule has 114 valence electrons. The molecule has 0 aliphatic carbocycles. The SMILES string of the molecule is CCCn1cncc1CNC(c1ccccc1)C(C)(C)C. The predicted octanol–water partition coefficient (Wildman–Crippen LogP) is 4.17. The second kappa shape index (κ2) is 6.90. The summed E-state index contributed by atoms with van der Waals surface area (Å²) in [5.41, 5.74) is 2.75. The molecule has 2 aromatic rings. The van der Waals surface area contributed by atoms with Crippen molar-refractivity contribution < 1.29 is 0 Å². The number of rotatable bonds is 6. The van der Waals surface area contributed by atoms with E-state index >= 15 is 0 Å². The van der Waals surface area contributed by atoms with E-state index in [0.717, 1.165) is 19.5 Å². The van der Waals surface area contributed by atoms with Crippen LogP contribution < -0.4 is 5.32 Å². The van der Waals surface area contributed by atoms with Crippen molar-refractivity contribution >= 4 is 0 Å². The highest BCUT2D eigenvalue weighted by atomic mass is 15.1. The minimum absolute atomic E-state index is 0.164. The van der Waals surface area contributed by atoms with Gasteiger partial charge in [0.15, 0.2) is 0 Å². The van der Waals surface area contributed by atoms with Crippen LogP contribution in [0.5, 0.6) is 0 Å². The van der Waals surface area contributed by atoms with Gasteiger partial charge in [0.1, 0.15) is 0 Å². The van der Waals surface area contributed by atoms with Crippen LogP contribution >= 0.6 is 0 Å². The van der Waals surface area contributed by atoms with Gasteiger partial charge in [-0.1, -0.05) is 58.0 Å². The molecule has 1 unspecified atom stereocenters. The van der Waals surface area contributed by atoms with Crippen LogP contribution in [0.4, 0.5) is 0 Å². The van der Waals surface area contributed by atoms with Crippen LogP contribution in [0.3, 0.4) is 0 Å². The Morgan fingerprint density at radius 3 is 2.52 bits per heavy atom. The van der Waals surface area contributed by atoms with Crippen LogP contribution in [0.2, 0.25) is 0 Å². The van der Waals surface area contributed by atoms with Crippen molar-refractivity contribution in [2.45, 2.75) is 53.2 Å². The maximum absolute atomic E-state index is 4.28. The van der Waals surface area contributed by atoms with E-state index in [1.165, 1.54) is 11.3 Å². The molecular formula is C18H27N3. The van der Waals surface area contributed by atoms with Crippen molar-refractivity contribution in [3.63, 3.8) is 0 Å². The van der Waals surface area contributed by atoms with E-state index in [-0.39, 0.29) is 5.41 Å². The van der Waals surface area contributed by atoms with Gasteiger partial charge in [-0.15, -0.1) is 0 Å². The summed E-state index contributed by atoms with van der Waals surface area (Å²) in [5.74, 6) is 0. The third kappa shape index (κ3) is 4.18. The van der Waals surface area contributed by atoms with Gasteiger partial charge in [0.2, 0.25) is 0 Å². The highest BCUT2D eigenvalue weighted by molar-refractivity contribution is 5.21. The molecule has 0 radical (unpaired) electrons. The third-order valence-corrected chi connectivity index (χ3v) is 3.75. The fourth-order valence-corrected chi connectivity index (χ4v) is 2.71. The fraction of sp³-hybridized carbons (Fsp3) is 0.500. The van der Waals surface area contributed by atoms with Crippen LogP contribution in [-0.4, -0.2) is 9.55 Å². The number of aromatic nitrogens is 2. The Hall–Kier alpha value is -1.61. The topological polar surface area (TPSA) is 29.9 Å². The van der Waals surface area contributed by atoms with Gasteiger partial charge in [-0.05, 0) is 17.4 Å². The predicted molar refractivity (Wildman–Crippen MR) is 88.0 cm³/mol. The lowest BCUT2D eigenvalue weighted by Gasteiger charge is -2.32. The van der Waals surface area contributed by atoms with Crippen molar-refractivity contribution in [2.75, 3.05) is 0 Å². The Labute approximate surface area is 128 Å². The van der Waals surface area contributed by atoms with Gasteiger partial charge in [-0.3, -0.25) is 0 Å². The molecule has 0 fully saturated rings. The molecule has 1 heterocycles. The standard InChI is InChI=1S/C18H27N3/c1-5-11-21-14-19-12-16(21)13-20-17(18(2,3)4)15-9-7-6-8-10-15/h6-10,12,14,17,20H,5,11,13H2,1-4H3. The number of hydrogen-bond acceptors (Lipinski definition) is 2. The summed E-state index contributed by atoms with van der Waals surface area (Å²) < 4.78 is 2.23. The Morgan fingerprint density at radius 2 is 1.90 bits per heavy atom. The maximum atomic E-state index is 4.28. The summed E-state index contributed by atoms with van der Waals surface area (Å²) in [6.07, 6.45) is 5.02. The van der Waals surface area contributed by atoms with Gasteiger partial charge in [0.25, 0.3) is 0 Å². The van der Waals surface area contributed by atoms with E-state index in [0.29, 0.717) is 6.04 Å². The van der Waals surface area contributed by atoms with Crippen molar-refractivity contribution in [3.05, 3.63) is 54.1 Å². The lowest BCUT2D eigenvalue weighted by atomic mass is 9.82. The first-order valence-corrected chi connectivity index (χ1v) is 7.79. The number of nitrogens with zero attached hydrogens (tertiary/aromatic N) is 2. The number of benzene rings is 1. The van der Waals surface area contributed by atoms with Crippen molar-refractivity contribution in [3.8, 4) is 0 Å². The highest BCUT2D eigenvalue weighted by Gasteiger charge is 2.25. The second-order valence-electron chi connectivity index (χ2n) is 6.67. The minimum Gasteiger partial charge on any atom is -0.333 e. The molecule has 0 aliphatic rings. The molecule has 21 heavy (non-hydrogen) atoms. The summed E-state index contributed by atoms with van der Waals surface area (Å²) >= 11 is 0. The first-order chi connectivity index (χ1) is 10.0. The van der Waals surface area contributed by atoms with E-state index in [9.17, 15) is 0 Å². The smallest absolute Gasteiger partial charge is 0.0948 e. The molecule has 0 amide bonds. The molecule has 1 aromatic heterocycles. The molecule has 1 atom stereocenters. The summed E-state index contributed by atoms with van der Waals surface area (Å²) in [5, 5.41) is 3.72. The number of aryl methyl sites for hydroxylation is 1. The molecule has 0 saturated heterocycles. The van der Waals surface area contributed by atoms with E-state index < -0.39 is 0 Å². The maximum Gasteiger partial charge on any atom is 0.0948 e. The van der Waals surface area contributed by atoms with Crippen molar-refractivity contribution in [1.29, 1.82) is 0 Å². The Kier molecular flexibility index (Phi) is 5.18. The number of hydrogen-bond donors (Lipinski definition) is 1.